The molecule has 0 aliphatic rings. The Morgan fingerprint density at radius 3 is 2.53 bits per heavy atom. The number of carbonyl (C=O) groups is 1. The van der Waals surface area contributed by atoms with Crippen molar-refractivity contribution >= 4 is 27.5 Å². The van der Waals surface area contributed by atoms with Gasteiger partial charge in [-0.05, 0) is 43.0 Å². The van der Waals surface area contributed by atoms with Crippen molar-refractivity contribution in [3.63, 3.8) is 0 Å². The van der Waals surface area contributed by atoms with Gasteiger partial charge in [-0.25, -0.2) is 0 Å². The fraction of sp³-hybridized carbons (Fsp3) is 0.533. The number of halogens is 1. The number of rotatable bonds is 7. The summed E-state index contributed by atoms with van der Waals surface area (Å²) in [6.07, 6.45) is 2.89. The Bertz CT molecular complexity index is 417. The van der Waals surface area contributed by atoms with Gasteiger partial charge in [-0.15, -0.1) is 0 Å². The Morgan fingerprint density at radius 2 is 1.95 bits per heavy atom. The predicted molar refractivity (Wildman–Crippen MR) is 84.5 cm³/mol. The lowest BCUT2D eigenvalue weighted by atomic mass is 10.1. The minimum absolute atomic E-state index is 0.0543. The highest BCUT2D eigenvalue weighted by Crippen LogP contribution is 2.21. The van der Waals surface area contributed by atoms with Crippen LogP contribution in [0.2, 0.25) is 0 Å². The molecule has 3 nitrogen and oxygen atoms in total. The van der Waals surface area contributed by atoms with Crippen LogP contribution in [0, 0.1) is 0 Å². The normalized spacial score (nSPS) is 10.6. The maximum absolute atomic E-state index is 11.8. The molecule has 1 rings (SSSR count). The SMILES string of the molecule is CCc1cc(Br)ccc1NCC(=O)NC(CC)CC. The van der Waals surface area contributed by atoms with Crippen molar-refractivity contribution in [3.05, 3.63) is 28.2 Å². The highest BCUT2D eigenvalue weighted by Gasteiger charge is 2.08. The molecule has 0 atom stereocenters. The van der Waals surface area contributed by atoms with E-state index in [4.69, 9.17) is 0 Å². The average Bonchev–Trinajstić information content (AvgIpc) is 2.43. The summed E-state index contributed by atoms with van der Waals surface area (Å²) in [5.41, 5.74) is 2.25. The lowest BCUT2D eigenvalue weighted by Gasteiger charge is -2.16. The molecule has 0 unspecified atom stereocenters. The first-order valence-electron chi connectivity index (χ1n) is 6.92. The monoisotopic (exact) mass is 326 g/mol. The van der Waals surface area contributed by atoms with Crippen LogP contribution in [0.1, 0.15) is 39.2 Å². The van der Waals surface area contributed by atoms with Gasteiger partial charge in [-0.3, -0.25) is 4.79 Å². The van der Waals surface area contributed by atoms with Crippen LogP contribution in [0.5, 0.6) is 0 Å². The van der Waals surface area contributed by atoms with Crippen LogP contribution in [0.4, 0.5) is 5.69 Å². The Labute approximate surface area is 124 Å². The molecular formula is C15H23BrN2O. The van der Waals surface area contributed by atoms with Gasteiger partial charge in [0.1, 0.15) is 0 Å². The third-order valence-electron chi connectivity index (χ3n) is 3.24. The summed E-state index contributed by atoms with van der Waals surface area (Å²) in [4.78, 5) is 11.8. The Hall–Kier alpha value is -1.03. The summed E-state index contributed by atoms with van der Waals surface area (Å²) in [5, 5.41) is 6.24. The van der Waals surface area contributed by atoms with Crippen molar-refractivity contribution in [1.82, 2.24) is 5.32 Å². The van der Waals surface area contributed by atoms with E-state index in [1.165, 1.54) is 5.56 Å². The lowest BCUT2D eigenvalue weighted by Crippen LogP contribution is -2.37. The molecule has 0 aromatic heterocycles. The smallest absolute Gasteiger partial charge is 0.239 e. The van der Waals surface area contributed by atoms with E-state index in [-0.39, 0.29) is 11.9 Å². The van der Waals surface area contributed by atoms with Gasteiger partial charge in [0.15, 0.2) is 0 Å². The van der Waals surface area contributed by atoms with E-state index in [2.05, 4.69) is 53.4 Å². The van der Waals surface area contributed by atoms with Crippen molar-refractivity contribution in [2.45, 2.75) is 46.1 Å². The van der Waals surface area contributed by atoms with Crippen LogP contribution in [0.15, 0.2) is 22.7 Å². The molecule has 0 aliphatic heterocycles. The van der Waals surface area contributed by atoms with E-state index in [9.17, 15) is 4.79 Å². The molecule has 4 heteroatoms. The minimum Gasteiger partial charge on any atom is -0.376 e. The molecule has 106 valence electrons. The highest BCUT2D eigenvalue weighted by molar-refractivity contribution is 9.10. The second kappa shape index (κ2) is 8.20. The predicted octanol–water partition coefficient (Wildman–Crippen LogP) is 3.73. The number of anilines is 1. The van der Waals surface area contributed by atoms with Gasteiger partial charge in [0.25, 0.3) is 0 Å². The molecular weight excluding hydrogens is 304 g/mol. The molecule has 2 N–H and O–H groups in total. The number of benzene rings is 1. The molecule has 19 heavy (non-hydrogen) atoms. The average molecular weight is 327 g/mol. The van der Waals surface area contributed by atoms with E-state index < -0.39 is 0 Å². The number of amides is 1. The molecule has 0 fully saturated rings. The molecule has 1 amide bonds. The zero-order valence-electron chi connectivity index (χ0n) is 11.9. The summed E-state index contributed by atoms with van der Waals surface area (Å²) in [6, 6.07) is 6.36. The van der Waals surface area contributed by atoms with Gasteiger partial charge in [-0.2, -0.15) is 0 Å². The standard InChI is InChI=1S/C15H23BrN2O/c1-4-11-9-12(16)7-8-14(11)17-10-15(19)18-13(5-2)6-3/h7-9,13,17H,4-6,10H2,1-3H3,(H,18,19). The van der Waals surface area contributed by atoms with Gasteiger partial charge in [0.2, 0.25) is 5.91 Å². The molecule has 1 aromatic rings. The number of hydrogen-bond donors (Lipinski definition) is 2. The van der Waals surface area contributed by atoms with Crippen LogP contribution < -0.4 is 10.6 Å². The van der Waals surface area contributed by atoms with E-state index in [1.54, 1.807) is 0 Å². The van der Waals surface area contributed by atoms with E-state index in [1.807, 2.05) is 12.1 Å². The molecule has 0 aliphatic carbocycles. The van der Waals surface area contributed by atoms with Gasteiger partial charge in [0, 0.05) is 16.2 Å². The first kappa shape index (κ1) is 16.0. The van der Waals surface area contributed by atoms with Crippen LogP contribution in [0.3, 0.4) is 0 Å². The topological polar surface area (TPSA) is 41.1 Å². The number of hydrogen-bond acceptors (Lipinski definition) is 2. The molecule has 0 bridgehead atoms. The molecule has 0 saturated heterocycles. The molecule has 0 radical (unpaired) electrons. The van der Waals surface area contributed by atoms with E-state index >= 15 is 0 Å². The Morgan fingerprint density at radius 1 is 1.26 bits per heavy atom. The fourth-order valence-electron chi connectivity index (χ4n) is 1.97. The zero-order chi connectivity index (χ0) is 14.3. The largest absolute Gasteiger partial charge is 0.376 e. The van der Waals surface area contributed by atoms with E-state index in [0.29, 0.717) is 6.54 Å². The Kier molecular flexibility index (Phi) is 6.92. The van der Waals surface area contributed by atoms with Gasteiger partial charge in [-0.1, -0.05) is 36.7 Å². The van der Waals surface area contributed by atoms with Crippen LogP contribution in [-0.4, -0.2) is 18.5 Å². The van der Waals surface area contributed by atoms with Crippen LogP contribution in [0.25, 0.3) is 0 Å². The lowest BCUT2D eigenvalue weighted by molar-refractivity contribution is -0.120. The third kappa shape index (κ3) is 5.23. The molecule has 0 saturated carbocycles. The summed E-state index contributed by atoms with van der Waals surface area (Å²) in [5.74, 6) is 0.0543. The van der Waals surface area contributed by atoms with Crippen molar-refractivity contribution in [2.75, 3.05) is 11.9 Å². The van der Waals surface area contributed by atoms with Gasteiger partial charge >= 0.3 is 0 Å². The first-order valence-corrected chi connectivity index (χ1v) is 7.71. The van der Waals surface area contributed by atoms with Crippen molar-refractivity contribution in [2.24, 2.45) is 0 Å². The van der Waals surface area contributed by atoms with Crippen molar-refractivity contribution < 1.29 is 4.79 Å². The van der Waals surface area contributed by atoms with Gasteiger partial charge in [0.05, 0.1) is 6.54 Å². The zero-order valence-corrected chi connectivity index (χ0v) is 13.5. The highest BCUT2D eigenvalue weighted by atomic mass is 79.9. The third-order valence-corrected chi connectivity index (χ3v) is 3.73. The molecule has 0 heterocycles. The maximum Gasteiger partial charge on any atom is 0.239 e. The maximum atomic E-state index is 11.8. The number of carbonyl (C=O) groups excluding carboxylic acids is 1. The second-order valence-electron chi connectivity index (χ2n) is 4.59. The molecule has 0 spiro atoms. The summed E-state index contributed by atoms with van der Waals surface area (Å²) in [7, 11) is 0. The summed E-state index contributed by atoms with van der Waals surface area (Å²) >= 11 is 3.46. The quantitative estimate of drug-likeness (QED) is 0.801. The molecule has 1 aromatic carbocycles. The minimum atomic E-state index is 0.0543. The van der Waals surface area contributed by atoms with E-state index in [0.717, 1.165) is 29.4 Å². The van der Waals surface area contributed by atoms with Crippen LogP contribution in [-0.2, 0) is 11.2 Å². The number of nitrogens with one attached hydrogen (secondary N) is 2. The van der Waals surface area contributed by atoms with Crippen molar-refractivity contribution in [3.8, 4) is 0 Å². The fourth-order valence-corrected chi connectivity index (χ4v) is 2.38. The summed E-state index contributed by atoms with van der Waals surface area (Å²) in [6.45, 7) is 6.61. The van der Waals surface area contributed by atoms with Crippen LogP contribution >= 0.6 is 15.9 Å². The summed E-state index contributed by atoms with van der Waals surface area (Å²) < 4.78 is 1.07. The second-order valence-corrected chi connectivity index (χ2v) is 5.51. The van der Waals surface area contributed by atoms with Crippen molar-refractivity contribution in [1.29, 1.82) is 0 Å². The first-order chi connectivity index (χ1) is 9.10. The van der Waals surface area contributed by atoms with Gasteiger partial charge < -0.3 is 10.6 Å². The number of aryl methyl sites for hydroxylation is 1. The Balaban J connectivity index is 2.54.